The molecule has 0 bridgehead atoms. The molecule has 0 amide bonds. The summed E-state index contributed by atoms with van der Waals surface area (Å²) in [6.07, 6.45) is -0.274. The molecular formula is C13H21ClN2O3. The number of benzene rings is 1. The Labute approximate surface area is 119 Å². The van der Waals surface area contributed by atoms with Crippen molar-refractivity contribution in [1.82, 2.24) is 10.6 Å². The molecule has 6 heteroatoms. The third-order valence-electron chi connectivity index (χ3n) is 3.31. The predicted octanol–water partition coefficient (Wildman–Crippen LogP) is 0.492. The fraction of sp³-hybridized carbons (Fsp3) is 0.538. The molecule has 0 radical (unpaired) electrons. The molecule has 2 rings (SSSR count). The van der Waals surface area contributed by atoms with E-state index in [1.165, 1.54) is 0 Å². The van der Waals surface area contributed by atoms with E-state index in [1.54, 1.807) is 19.2 Å². The highest BCUT2D eigenvalue weighted by atomic mass is 35.5. The monoisotopic (exact) mass is 288 g/mol. The highest BCUT2D eigenvalue weighted by Crippen LogP contribution is 2.29. The van der Waals surface area contributed by atoms with Crippen LogP contribution in [0.4, 0.5) is 0 Å². The van der Waals surface area contributed by atoms with Crippen molar-refractivity contribution in [1.29, 1.82) is 0 Å². The van der Waals surface area contributed by atoms with Gasteiger partial charge in [0.25, 0.3) is 0 Å². The molecule has 108 valence electrons. The molecule has 0 saturated carbocycles. The summed E-state index contributed by atoms with van der Waals surface area (Å²) >= 11 is 0. The number of aliphatic hydroxyl groups is 1. The molecule has 0 aromatic heterocycles. The summed E-state index contributed by atoms with van der Waals surface area (Å²) in [5.74, 6) is 0.905. The molecule has 2 atom stereocenters. The Hall–Kier alpha value is -1.01. The largest absolute Gasteiger partial charge is 0.504 e. The summed E-state index contributed by atoms with van der Waals surface area (Å²) in [5, 5.41) is 25.7. The minimum atomic E-state index is -0.274. The number of para-hydroxylation sites is 1. The van der Waals surface area contributed by atoms with Gasteiger partial charge < -0.3 is 25.6 Å². The number of halogens is 1. The van der Waals surface area contributed by atoms with E-state index in [1.807, 2.05) is 6.07 Å². The van der Waals surface area contributed by atoms with Crippen LogP contribution < -0.4 is 15.4 Å². The first-order valence-electron chi connectivity index (χ1n) is 6.16. The summed E-state index contributed by atoms with van der Waals surface area (Å²) in [4.78, 5) is 0. The van der Waals surface area contributed by atoms with Gasteiger partial charge in [0, 0.05) is 37.7 Å². The van der Waals surface area contributed by atoms with Gasteiger partial charge in [0.15, 0.2) is 11.5 Å². The van der Waals surface area contributed by atoms with E-state index in [0.29, 0.717) is 18.8 Å². The van der Waals surface area contributed by atoms with Crippen molar-refractivity contribution in [3.63, 3.8) is 0 Å². The Morgan fingerprint density at radius 3 is 2.84 bits per heavy atom. The summed E-state index contributed by atoms with van der Waals surface area (Å²) in [6.45, 7) is 2.86. The van der Waals surface area contributed by atoms with E-state index in [2.05, 4.69) is 10.6 Å². The first kappa shape index (κ1) is 16.0. The quantitative estimate of drug-likeness (QED) is 0.635. The minimum absolute atomic E-state index is 0. The SMILES string of the molecule is COc1c(O)cccc1CNCC1CNCC1O.Cl. The van der Waals surface area contributed by atoms with Crippen LogP contribution in [0.2, 0.25) is 0 Å². The topological polar surface area (TPSA) is 73.8 Å². The lowest BCUT2D eigenvalue weighted by Crippen LogP contribution is -2.30. The maximum Gasteiger partial charge on any atom is 0.164 e. The first-order chi connectivity index (χ1) is 8.72. The Morgan fingerprint density at radius 2 is 2.21 bits per heavy atom. The predicted molar refractivity (Wildman–Crippen MR) is 76.0 cm³/mol. The molecule has 19 heavy (non-hydrogen) atoms. The van der Waals surface area contributed by atoms with Gasteiger partial charge in [0.1, 0.15) is 0 Å². The second kappa shape index (κ2) is 7.55. The van der Waals surface area contributed by atoms with Crippen molar-refractivity contribution in [3.05, 3.63) is 23.8 Å². The average Bonchev–Trinajstić information content (AvgIpc) is 2.75. The number of hydrogen-bond donors (Lipinski definition) is 4. The minimum Gasteiger partial charge on any atom is -0.504 e. The van der Waals surface area contributed by atoms with E-state index >= 15 is 0 Å². The first-order valence-corrected chi connectivity index (χ1v) is 6.16. The van der Waals surface area contributed by atoms with Crippen molar-refractivity contribution in [2.45, 2.75) is 12.6 Å². The second-order valence-corrected chi connectivity index (χ2v) is 4.59. The molecule has 1 aromatic rings. The third-order valence-corrected chi connectivity index (χ3v) is 3.31. The number of hydrogen-bond acceptors (Lipinski definition) is 5. The molecule has 1 saturated heterocycles. The molecule has 0 aliphatic carbocycles. The molecule has 1 fully saturated rings. The van der Waals surface area contributed by atoms with Crippen LogP contribution in [-0.4, -0.2) is 43.1 Å². The zero-order valence-corrected chi connectivity index (χ0v) is 11.7. The maximum absolute atomic E-state index is 9.66. The molecule has 1 aliphatic heterocycles. The van der Waals surface area contributed by atoms with Gasteiger partial charge >= 0.3 is 0 Å². The van der Waals surface area contributed by atoms with E-state index in [-0.39, 0.29) is 30.2 Å². The summed E-state index contributed by atoms with van der Waals surface area (Å²) in [5.41, 5.74) is 0.915. The van der Waals surface area contributed by atoms with Gasteiger partial charge in [-0.1, -0.05) is 12.1 Å². The zero-order valence-electron chi connectivity index (χ0n) is 10.9. The number of aromatic hydroxyl groups is 1. The summed E-state index contributed by atoms with van der Waals surface area (Å²) in [7, 11) is 1.54. The zero-order chi connectivity index (χ0) is 13.0. The van der Waals surface area contributed by atoms with E-state index in [0.717, 1.165) is 18.7 Å². The molecule has 5 nitrogen and oxygen atoms in total. The number of β-amino-alcohol motifs (C(OH)–C–C–N with tert-alkyl or cyclic N) is 1. The van der Waals surface area contributed by atoms with Crippen molar-refractivity contribution in [2.24, 2.45) is 5.92 Å². The van der Waals surface area contributed by atoms with Crippen LogP contribution in [0.3, 0.4) is 0 Å². The summed E-state index contributed by atoms with van der Waals surface area (Å²) < 4.78 is 5.17. The Bertz CT molecular complexity index is 403. The van der Waals surface area contributed by atoms with Crippen LogP contribution in [0.15, 0.2) is 18.2 Å². The van der Waals surface area contributed by atoms with E-state index in [9.17, 15) is 10.2 Å². The molecule has 2 unspecified atom stereocenters. The molecular weight excluding hydrogens is 268 g/mol. The fourth-order valence-electron chi connectivity index (χ4n) is 2.27. The van der Waals surface area contributed by atoms with Crippen LogP contribution in [0, 0.1) is 5.92 Å². The smallest absolute Gasteiger partial charge is 0.164 e. The Morgan fingerprint density at radius 1 is 1.42 bits per heavy atom. The van der Waals surface area contributed by atoms with Crippen LogP contribution in [0.5, 0.6) is 11.5 Å². The highest BCUT2D eigenvalue weighted by molar-refractivity contribution is 5.85. The van der Waals surface area contributed by atoms with Crippen LogP contribution in [-0.2, 0) is 6.54 Å². The highest BCUT2D eigenvalue weighted by Gasteiger charge is 2.24. The Kier molecular flexibility index (Phi) is 6.37. The van der Waals surface area contributed by atoms with Gasteiger partial charge in [-0.25, -0.2) is 0 Å². The maximum atomic E-state index is 9.66. The molecule has 1 aliphatic rings. The third kappa shape index (κ3) is 3.98. The number of phenols is 1. The lowest BCUT2D eigenvalue weighted by Gasteiger charge is -2.15. The van der Waals surface area contributed by atoms with E-state index in [4.69, 9.17) is 4.74 Å². The van der Waals surface area contributed by atoms with Gasteiger partial charge in [-0.3, -0.25) is 0 Å². The van der Waals surface area contributed by atoms with Gasteiger partial charge in [-0.2, -0.15) is 0 Å². The lowest BCUT2D eigenvalue weighted by molar-refractivity contribution is 0.146. The Balaban J connectivity index is 0.00000180. The molecule has 4 N–H and O–H groups in total. The molecule has 0 spiro atoms. The van der Waals surface area contributed by atoms with Crippen molar-refractivity contribution in [3.8, 4) is 11.5 Å². The summed E-state index contributed by atoms with van der Waals surface area (Å²) in [6, 6.07) is 5.31. The standard InChI is InChI=1S/C13H20N2O3.ClH/c1-18-13-9(3-2-4-11(13)16)5-14-6-10-7-15-8-12(10)17;/h2-4,10,12,14-17H,5-8H2,1H3;1H. The number of phenolic OH excluding ortho intramolecular Hbond substituents is 1. The fourth-order valence-corrected chi connectivity index (χ4v) is 2.27. The van der Waals surface area contributed by atoms with Gasteiger partial charge in [-0.15, -0.1) is 12.4 Å². The van der Waals surface area contributed by atoms with Gasteiger partial charge in [0.2, 0.25) is 0 Å². The van der Waals surface area contributed by atoms with Crippen molar-refractivity contribution >= 4 is 12.4 Å². The number of nitrogens with one attached hydrogen (secondary N) is 2. The van der Waals surface area contributed by atoms with Crippen LogP contribution in [0.1, 0.15) is 5.56 Å². The average molecular weight is 289 g/mol. The van der Waals surface area contributed by atoms with Crippen LogP contribution in [0.25, 0.3) is 0 Å². The van der Waals surface area contributed by atoms with Crippen molar-refractivity contribution < 1.29 is 14.9 Å². The van der Waals surface area contributed by atoms with Crippen molar-refractivity contribution in [2.75, 3.05) is 26.7 Å². The lowest BCUT2D eigenvalue weighted by atomic mass is 10.1. The number of rotatable bonds is 5. The second-order valence-electron chi connectivity index (χ2n) is 4.59. The number of ether oxygens (including phenoxy) is 1. The molecule has 1 aromatic carbocycles. The van der Waals surface area contributed by atoms with E-state index < -0.39 is 0 Å². The normalized spacial score (nSPS) is 22.0. The molecule has 1 heterocycles. The van der Waals surface area contributed by atoms with Gasteiger partial charge in [-0.05, 0) is 6.07 Å². The number of aliphatic hydroxyl groups excluding tert-OH is 1. The number of methoxy groups -OCH3 is 1. The van der Waals surface area contributed by atoms with Gasteiger partial charge in [0.05, 0.1) is 13.2 Å². The van der Waals surface area contributed by atoms with Crippen LogP contribution >= 0.6 is 12.4 Å².